The Bertz CT molecular complexity index is 437. The zero-order chi connectivity index (χ0) is 15.1. The van der Waals surface area contributed by atoms with Gasteiger partial charge in [0.2, 0.25) is 11.9 Å². The van der Waals surface area contributed by atoms with Crippen molar-refractivity contribution in [2.75, 3.05) is 45.2 Å². The molecular weight excluding hydrogens is 266 g/mol. The fourth-order valence-electron chi connectivity index (χ4n) is 2.58. The number of amides is 1. The predicted molar refractivity (Wildman–Crippen MR) is 83.1 cm³/mol. The first-order valence-electron chi connectivity index (χ1n) is 7.61. The molecule has 1 fully saturated rings. The van der Waals surface area contributed by atoms with Gasteiger partial charge in [0.05, 0.1) is 5.92 Å². The van der Waals surface area contributed by atoms with Crippen LogP contribution in [0.4, 0.5) is 5.95 Å². The first-order chi connectivity index (χ1) is 10.2. The van der Waals surface area contributed by atoms with Crippen molar-refractivity contribution < 1.29 is 4.79 Å². The molecule has 1 aliphatic heterocycles. The van der Waals surface area contributed by atoms with Gasteiger partial charge in [-0.15, -0.1) is 0 Å². The van der Waals surface area contributed by atoms with Gasteiger partial charge in [-0.2, -0.15) is 0 Å². The van der Waals surface area contributed by atoms with Gasteiger partial charge >= 0.3 is 0 Å². The van der Waals surface area contributed by atoms with Crippen molar-refractivity contribution in [2.24, 2.45) is 5.92 Å². The zero-order valence-electron chi connectivity index (χ0n) is 13.0. The van der Waals surface area contributed by atoms with Crippen molar-refractivity contribution in [3.8, 4) is 0 Å². The maximum Gasteiger partial charge on any atom is 0.225 e. The van der Waals surface area contributed by atoms with Gasteiger partial charge in [-0.3, -0.25) is 4.79 Å². The summed E-state index contributed by atoms with van der Waals surface area (Å²) in [5, 5.41) is 3.05. The summed E-state index contributed by atoms with van der Waals surface area (Å²) in [6.45, 7) is 3.38. The van der Waals surface area contributed by atoms with Crippen LogP contribution in [0.3, 0.4) is 0 Å². The SMILES string of the molecule is CN(C)CCCNC(=O)C1CCCN(c2ncccn2)C1. The van der Waals surface area contributed by atoms with Crippen molar-refractivity contribution in [1.29, 1.82) is 0 Å². The summed E-state index contributed by atoms with van der Waals surface area (Å²) in [6, 6.07) is 1.81. The van der Waals surface area contributed by atoms with Gasteiger partial charge in [0, 0.05) is 32.0 Å². The molecule has 1 saturated heterocycles. The molecule has 1 aliphatic rings. The van der Waals surface area contributed by atoms with E-state index in [1.54, 1.807) is 12.4 Å². The van der Waals surface area contributed by atoms with Gasteiger partial charge in [0.1, 0.15) is 0 Å². The van der Waals surface area contributed by atoms with Gasteiger partial charge in [-0.1, -0.05) is 0 Å². The molecular formula is C15H25N5O. The van der Waals surface area contributed by atoms with Crippen molar-refractivity contribution in [3.63, 3.8) is 0 Å². The lowest BCUT2D eigenvalue weighted by Gasteiger charge is -2.31. The van der Waals surface area contributed by atoms with E-state index in [4.69, 9.17) is 0 Å². The summed E-state index contributed by atoms with van der Waals surface area (Å²) in [5.41, 5.74) is 0. The van der Waals surface area contributed by atoms with Gasteiger partial charge < -0.3 is 15.1 Å². The number of nitrogens with one attached hydrogen (secondary N) is 1. The first-order valence-corrected chi connectivity index (χ1v) is 7.61. The number of piperidine rings is 1. The van der Waals surface area contributed by atoms with E-state index in [1.165, 1.54) is 0 Å². The Balaban J connectivity index is 1.79. The number of nitrogens with zero attached hydrogens (tertiary/aromatic N) is 4. The van der Waals surface area contributed by atoms with Crippen LogP contribution in [0.5, 0.6) is 0 Å². The maximum atomic E-state index is 12.2. The highest BCUT2D eigenvalue weighted by Gasteiger charge is 2.26. The zero-order valence-corrected chi connectivity index (χ0v) is 13.0. The molecule has 0 bridgehead atoms. The number of carbonyl (C=O) groups excluding carboxylic acids is 1. The Morgan fingerprint density at radius 3 is 2.90 bits per heavy atom. The van der Waals surface area contributed by atoms with Crippen LogP contribution >= 0.6 is 0 Å². The second kappa shape index (κ2) is 7.93. The van der Waals surface area contributed by atoms with Crippen LogP contribution in [-0.2, 0) is 4.79 Å². The molecule has 1 atom stereocenters. The molecule has 0 spiro atoms. The van der Waals surface area contributed by atoms with E-state index in [2.05, 4.69) is 25.1 Å². The maximum absolute atomic E-state index is 12.2. The van der Waals surface area contributed by atoms with Crippen LogP contribution < -0.4 is 10.2 Å². The molecule has 1 amide bonds. The highest BCUT2D eigenvalue weighted by atomic mass is 16.1. The largest absolute Gasteiger partial charge is 0.356 e. The molecule has 116 valence electrons. The van der Waals surface area contributed by atoms with E-state index < -0.39 is 0 Å². The smallest absolute Gasteiger partial charge is 0.225 e. The third-order valence-electron chi connectivity index (χ3n) is 3.71. The van der Waals surface area contributed by atoms with E-state index in [9.17, 15) is 4.79 Å². The van der Waals surface area contributed by atoms with Crippen molar-refractivity contribution in [3.05, 3.63) is 18.5 Å². The Morgan fingerprint density at radius 1 is 1.43 bits per heavy atom. The molecule has 1 aromatic heterocycles. The minimum atomic E-state index is 0.0434. The minimum absolute atomic E-state index is 0.0434. The first kappa shape index (κ1) is 15.7. The lowest BCUT2D eigenvalue weighted by Crippen LogP contribution is -2.44. The predicted octanol–water partition coefficient (Wildman–Crippen LogP) is 0.761. The summed E-state index contributed by atoms with van der Waals surface area (Å²) in [7, 11) is 4.08. The molecule has 6 heteroatoms. The third kappa shape index (κ3) is 4.97. The van der Waals surface area contributed by atoms with E-state index >= 15 is 0 Å². The Kier molecular flexibility index (Phi) is 5.92. The molecule has 0 aliphatic carbocycles. The van der Waals surface area contributed by atoms with Crippen LogP contribution in [0.15, 0.2) is 18.5 Å². The molecule has 0 aromatic carbocycles. The highest BCUT2D eigenvalue weighted by Crippen LogP contribution is 2.19. The van der Waals surface area contributed by atoms with Crippen LogP contribution in [0.25, 0.3) is 0 Å². The number of hydrogen-bond donors (Lipinski definition) is 1. The van der Waals surface area contributed by atoms with Crippen molar-refractivity contribution in [2.45, 2.75) is 19.3 Å². The second-order valence-corrected chi connectivity index (χ2v) is 5.78. The summed E-state index contributed by atoms with van der Waals surface area (Å²) in [5.74, 6) is 0.930. The third-order valence-corrected chi connectivity index (χ3v) is 3.71. The summed E-state index contributed by atoms with van der Waals surface area (Å²) in [6.07, 6.45) is 6.42. The molecule has 1 unspecified atom stereocenters. The van der Waals surface area contributed by atoms with E-state index in [0.717, 1.165) is 44.8 Å². The number of aromatic nitrogens is 2. The Labute approximate surface area is 126 Å². The average molecular weight is 291 g/mol. The second-order valence-electron chi connectivity index (χ2n) is 5.78. The van der Waals surface area contributed by atoms with Gasteiger partial charge in [-0.05, 0) is 46.0 Å². The monoisotopic (exact) mass is 291 g/mol. The van der Waals surface area contributed by atoms with Crippen LogP contribution in [-0.4, -0.2) is 61.0 Å². The average Bonchev–Trinajstić information content (AvgIpc) is 2.52. The van der Waals surface area contributed by atoms with Gasteiger partial charge in [-0.25, -0.2) is 9.97 Å². The van der Waals surface area contributed by atoms with E-state index in [0.29, 0.717) is 6.54 Å². The summed E-state index contributed by atoms with van der Waals surface area (Å²) < 4.78 is 0. The normalized spacial score (nSPS) is 18.8. The molecule has 2 heterocycles. The lowest BCUT2D eigenvalue weighted by atomic mass is 9.97. The number of hydrogen-bond acceptors (Lipinski definition) is 5. The summed E-state index contributed by atoms with van der Waals surface area (Å²) >= 11 is 0. The quantitative estimate of drug-likeness (QED) is 0.784. The molecule has 0 radical (unpaired) electrons. The lowest BCUT2D eigenvalue weighted by molar-refractivity contribution is -0.125. The summed E-state index contributed by atoms with van der Waals surface area (Å²) in [4.78, 5) is 25.0. The topological polar surface area (TPSA) is 61.4 Å². The Morgan fingerprint density at radius 2 is 2.19 bits per heavy atom. The fourth-order valence-corrected chi connectivity index (χ4v) is 2.58. The highest BCUT2D eigenvalue weighted by molar-refractivity contribution is 5.79. The van der Waals surface area contributed by atoms with Crippen LogP contribution in [0, 0.1) is 5.92 Å². The van der Waals surface area contributed by atoms with E-state index in [1.807, 2.05) is 20.2 Å². The molecule has 1 aromatic rings. The number of anilines is 1. The standard InChI is InChI=1S/C15H25N5O/c1-19(2)10-5-9-16-14(21)13-6-3-11-20(12-13)15-17-7-4-8-18-15/h4,7-8,13H,3,5-6,9-12H2,1-2H3,(H,16,21). The van der Waals surface area contributed by atoms with Crippen LogP contribution in [0.2, 0.25) is 0 Å². The molecule has 6 nitrogen and oxygen atoms in total. The van der Waals surface area contributed by atoms with Gasteiger partial charge in [0.25, 0.3) is 0 Å². The van der Waals surface area contributed by atoms with Crippen molar-refractivity contribution >= 4 is 11.9 Å². The van der Waals surface area contributed by atoms with Crippen molar-refractivity contribution in [1.82, 2.24) is 20.2 Å². The minimum Gasteiger partial charge on any atom is -0.356 e. The van der Waals surface area contributed by atoms with Crippen LogP contribution in [0.1, 0.15) is 19.3 Å². The molecule has 1 N–H and O–H groups in total. The van der Waals surface area contributed by atoms with Gasteiger partial charge in [0.15, 0.2) is 0 Å². The Hall–Kier alpha value is -1.69. The number of carbonyl (C=O) groups is 1. The fraction of sp³-hybridized carbons (Fsp3) is 0.667. The molecule has 2 rings (SSSR count). The number of rotatable bonds is 6. The van der Waals surface area contributed by atoms with E-state index in [-0.39, 0.29) is 11.8 Å². The molecule has 0 saturated carbocycles. The molecule has 21 heavy (non-hydrogen) atoms.